The van der Waals surface area contributed by atoms with E-state index in [1.807, 2.05) is 60.8 Å². The molecule has 2 heterocycles. The van der Waals surface area contributed by atoms with E-state index in [9.17, 15) is 4.79 Å². The van der Waals surface area contributed by atoms with Gasteiger partial charge in [0.15, 0.2) is 0 Å². The van der Waals surface area contributed by atoms with E-state index in [2.05, 4.69) is 29.2 Å². The van der Waals surface area contributed by atoms with Gasteiger partial charge in [0, 0.05) is 54.1 Å². The Hall–Kier alpha value is -3.68. The van der Waals surface area contributed by atoms with Crippen LogP contribution in [-0.4, -0.2) is 59.0 Å². The lowest BCUT2D eigenvalue weighted by Crippen LogP contribution is -2.46. The van der Waals surface area contributed by atoms with Crippen LogP contribution < -0.4 is 10.1 Å². The van der Waals surface area contributed by atoms with E-state index in [4.69, 9.17) is 9.47 Å². The van der Waals surface area contributed by atoms with Crippen molar-refractivity contribution in [2.75, 3.05) is 31.6 Å². The van der Waals surface area contributed by atoms with Gasteiger partial charge in [-0.2, -0.15) is 5.10 Å². The second kappa shape index (κ2) is 10.3. The van der Waals surface area contributed by atoms with Gasteiger partial charge in [-0.25, -0.2) is 4.68 Å². The van der Waals surface area contributed by atoms with Crippen LogP contribution in [-0.2, 0) is 4.74 Å². The highest BCUT2D eigenvalue weighted by molar-refractivity contribution is 6.10. The predicted molar refractivity (Wildman–Crippen MR) is 137 cm³/mol. The number of amides is 1. The third-order valence-corrected chi connectivity index (χ3v) is 6.19. The molecule has 5 rings (SSSR count). The molecule has 3 aromatic carbocycles. The van der Waals surface area contributed by atoms with Crippen molar-refractivity contribution < 1.29 is 14.3 Å². The Bertz CT molecular complexity index is 1280. The van der Waals surface area contributed by atoms with Gasteiger partial charge in [-0.05, 0) is 56.3 Å². The molecular weight excluding hydrogens is 440 g/mol. The molecule has 1 fully saturated rings. The molecule has 180 valence electrons. The monoisotopic (exact) mass is 470 g/mol. The first-order chi connectivity index (χ1) is 17.1. The number of nitrogens with one attached hydrogen (secondary N) is 1. The van der Waals surface area contributed by atoms with Crippen molar-refractivity contribution in [3.63, 3.8) is 0 Å². The molecule has 1 saturated heterocycles. The van der Waals surface area contributed by atoms with E-state index in [-0.39, 0.29) is 18.1 Å². The average molecular weight is 471 g/mol. The van der Waals surface area contributed by atoms with Crippen LogP contribution in [0.25, 0.3) is 16.5 Å². The number of carbonyl (C=O) groups excluding carboxylic acids is 1. The Morgan fingerprint density at radius 2 is 1.74 bits per heavy atom. The first-order valence-corrected chi connectivity index (χ1v) is 12.0. The molecule has 0 aliphatic carbocycles. The molecule has 7 nitrogen and oxygen atoms in total. The third-order valence-electron chi connectivity index (χ3n) is 6.19. The summed E-state index contributed by atoms with van der Waals surface area (Å²) in [5, 5.41) is 9.20. The molecule has 1 amide bonds. The summed E-state index contributed by atoms with van der Waals surface area (Å²) in [4.78, 5) is 15.3. The minimum atomic E-state index is -0.161. The van der Waals surface area contributed by atoms with E-state index in [0.717, 1.165) is 47.5 Å². The van der Waals surface area contributed by atoms with E-state index in [1.165, 1.54) is 0 Å². The first-order valence-electron chi connectivity index (χ1n) is 12.0. The Morgan fingerprint density at radius 1 is 1.00 bits per heavy atom. The lowest BCUT2D eigenvalue weighted by Gasteiger charge is -2.35. The lowest BCUT2D eigenvalue weighted by atomic mass is 10.1. The van der Waals surface area contributed by atoms with Gasteiger partial charge in [-0.1, -0.05) is 24.3 Å². The maximum absolute atomic E-state index is 13.0. The molecule has 4 aromatic rings. The average Bonchev–Trinajstić information content (AvgIpc) is 3.40. The number of nitrogens with zero attached hydrogens (tertiary/aromatic N) is 3. The predicted octanol–water partition coefficient (Wildman–Crippen LogP) is 4.77. The van der Waals surface area contributed by atoms with Crippen LogP contribution in [0, 0.1) is 0 Å². The van der Waals surface area contributed by atoms with E-state index in [0.29, 0.717) is 12.2 Å². The number of carbonyl (C=O) groups is 1. The summed E-state index contributed by atoms with van der Waals surface area (Å²) >= 11 is 0. The van der Waals surface area contributed by atoms with Gasteiger partial charge in [-0.15, -0.1) is 0 Å². The standard InChI is InChI=1S/C28H30N4O3/c1-20-18-31(19-21(2)35-20)16-17-34-27-13-12-26(24-6-3-4-7-25(24)27)30-28(33)22-8-10-23(11-9-22)32-15-5-14-29-32/h3-15,20-21H,16-19H2,1-2H3,(H,30,33)/t20-,21+. The first kappa shape index (κ1) is 23.1. The number of ether oxygens (including phenoxy) is 2. The molecule has 0 radical (unpaired) electrons. The van der Waals surface area contributed by atoms with Gasteiger partial charge < -0.3 is 14.8 Å². The quantitative estimate of drug-likeness (QED) is 0.422. The normalized spacial score (nSPS) is 18.5. The number of fused-ring (bicyclic) bond motifs is 1. The highest BCUT2D eigenvalue weighted by atomic mass is 16.5. The van der Waals surface area contributed by atoms with Gasteiger partial charge >= 0.3 is 0 Å². The third kappa shape index (κ3) is 5.37. The highest BCUT2D eigenvalue weighted by Crippen LogP contribution is 2.32. The SMILES string of the molecule is C[C@@H]1CN(CCOc2ccc(NC(=O)c3ccc(-n4cccn4)cc3)c3ccccc23)C[C@H](C)O1. The van der Waals surface area contributed by atoms with Gasteiger partial charge in [0.05, 0.1) is 17.9 Å². The van der Waals surface area contributed by atoms with Crippen molar-refractivity contribution in [2.45, 2.75) is 26.1 Å². The number of aromatic nitrogens is 2. The zero-order valence-corrected chi connectivity index (χ0v) is 20.1. The van der Waals surface area contributed by atoms with Crippen molar-refractivity contribution in [3.05, 3.63) is 84.7 Å². The lowest BCUT2D eigenvalue weighted by molar-refractivity contribution is -0.0699. The van der Waals surface area contributed by atoms with Gasteiger partial charge in [-0.3, -0.25) is 9.69 Å². The van der Waals surface area contributed by atoms with E-state index in [1.54, 1.807) is 23.0 Å². The summed E-state index contributed by atoms with van der Waals surface area (Å²) in [6.45, 7) is 7.50. The number of hydrogen-bond donors (Lipinski definition) is 1. The number of benzene rings is 3. The summed E-state index contributed by atoms with van der Waals surface area (Å²) in [6.07, 6.45) is 4.07. The fraction of sp³-hybridized carbons (Fsp3) is 0.286. The van der Waals surface area contributed by atoms with Crippen LogP contribution >= 0.6 is 0 Å². The van der Waals surface area contributed by atoms with Crippen molar-refractivity contribution >= 4 is 22.4 Å². The number of hydrogen-bond acceptors (Lipinski definition) is 5. The molecule has 0 bridgehead atoms. The largest absolute Gasteiger partial charge is 0.492 e. The van der Waals surface area contributed by atoms with Crippen LogP contribution in [0.1, 0.15) is 24.2 Å². The zero-order valence-electron chi connectivity index (χ0n) is 20.1. The Kier molecular flexibility index (Phi) is 6.79. The minimum Gasteiger partial charge on any atom is -0.492 e. The summed E-state index contributed by atoms with van der Waals surface area (Å²) in [6, 6.07) is 21.1. The molecule has 35 heavy (non-hydrogen) atoms. The molecule has 1 aliphatic rings. The summed E-state index contributed by atoms with van der Waals surface area (Å²) in [5.74, 6) is 0.655. The zero-order chi connectivity index (χ0) is 24.2. The molecule has 0 unspecified atom stereocenters. The van der Waals surface area contributed by atoms with E-state index < -0.39 is 0 Å². The molecule has 1 N–H and O–H groups in total. The smallest absolute Gasteiger partial charge is 0.255 e. The topological polar surface area (TPSA) is 68.6 Å². The van der Waals surface area contributed by atoms with Crippen LogP contribution in [0.5, 0.6) is 5.75 Å². The Balaban J connectivity index is 1.27. The molecular formula is C28H30N4O3. The van der Waals surface area contributed by atoms with Crippen molar-refractivity contribution in [1.82, 2.24) is 14.7 Å². The van der Waals surface area contributed by atoms with Crippen LogP contribution in [0.4, 0.5) is 5.69 Å². The second-order valence-electron chi connectivity index (χ2n) is 8.97. The summed E-state index contributed by atoms with van der Waals surface area (Å²) in [5.41, 5.74) is 2.24. The summed E-state index contributed by atoms with van der Waals surface area (Å²) < 4.78 is 13.8. The molecule has 1 aliphatic heterocycles. The van der Waals surface area contributed by atoms with Crippen molar-refractivity contribution in [2.24, 2.45) is 0 Å². The fourth-order valence-corrected chi connectivity index (χ4v) is 4.64. The van der Waals surface area contributed by atoms with Gasteiger partial charge in [0.1, 0.15) is 12.4 Å². The minimum absolute atomic E-state index is 0.161. The maximum Gasteiger partial charge on any atom is 0.255 e. The highest BCUT2D eigenvalue weighted by Gasteiger charge is 2.22. The molecule has 7 heteroatoms. The number of rotatable bonds is 7. The Morgan fingerprint density at radius 3 is 2.46 bits per heavy atom. The van der Waals surface area contributed by atoms with Gasteiger partial charge in [0.25, 0.3) is 5.91 Å². The van der Waals surface area contributed by atoms with Crippen molar-refractivity contribution in [3.8, 4) is 11.4 Å². The Labute approximate surface area is 205 Å². The molecule has 0 saturated carbocycles. The maximum atomic E-state index is 13.0. The molecule has 0 spiro atoms. The summed E-state index contributed by atoms with van der Waals surface area (Å²) in [7, 11) is 0. The van der Waals surface area contributed by atoms with Gasteiger partial charge in [0.2, 0.25) is 0 Å². The van der Waals surface area contributed by atoms with Crippen LogP contribution in [0.15, 0.2) is 79.1 Å². The molecule has 1 aromatic heterocycles. The van der Waals surface area contributed by atoms with Crippen molar-refractivity contribution in [1.29, 1.82) is 0 Å². The number of morpholine rings is 1. The van der Waals surface area contributed by atoms with E-state index >= 15 is 0 Å². The number of anilines is 1. The fourth-order valence-electron chi connectivity index (χ4n) is 4.64. The molecule has 2 atom stereocenters. The van der Waals surface area contributed by atoms with Crippen LogP contribution in [0.3, 0.4) is 0 Å². The van der Waals surface area contributed by atoms with Crippen LogP contribution in [0.2, 0.25) is 0 Å². The second-order valence-corrected chi connectivity index (χ2v) is 8.97.